The predicted molar refractivity (Wildman–Crippen MR) is 65.5 cm³/mol. The van der Waals surface area contributed by atoms with Gasteiger partial charge in [-0.1, -0.05) is 24.3 Å². The fraction of sp³-hybridized carbons (Fsp3) is 0.462. The molecule has 0 bridgehead atoms. The van der Waals surface area contributed by atoms with E-state index in [0.717, 1.165) is 6.54 Å². The average molecular weight is 237 g/mol. The molecule has 0 atom stereocenters. The Kier molecular flexibility index (Phi) is 6.29. The third-order valence-electron chi connectivity index (χ3n) is 2.47. The van der Waals surface area contributed by atoms with Crippen LogP contribution >= 0.6 is 0 Å². The lowest BCUT2D eigenvalue weighted by Crippen LogP contribution is -2.19. The van der Waals surface area contributed by atoms with Gasteiger partial charge in [0.1, 0.15) is 0 Å². The number of methoxy groups -OCH3 is 2. The smallest absolute Gasteiger partial charge is 0.306 e. The summed E-state index contributed by atoms with van der Waals surface area (Å²) in [5.41, 5.74) is 2.36. The van der Waals surface area contributed by atoms with Gasteiger partial charge >= 0.3 is 5.97 Å². The minimum atomic E-state index is -0.192. The second-order valence-corrected chi connectivity index (χ2v) is 3.70. The molecule has 17 heavy (non-hydrogen) atoms. The third kappa shape index (κ3) is 4.97. The van der Waals surface area contributed by atoms with Crippen molar-refractivity contribution in [1.82, 2.24) is 5.32 Å². The summed E-state index contributed by atoms with van der Waals surface area (Å²) in [6.45, 7) is 1.96. The van der Waals surface area contributed by atoms with Gasteiger partial charge in [-0.25, -0.2) is 0 Å². The van der Waals surface area contributed by atoms with Gasteiger partial charge in [-0.05, 0) is 11.1 Å². The van der Waals surface area contributed by atoms with E-state index in [4.69, 9.17) is 4.74 Å². The lowest BCUT2D eigenvalue weighted by molar-refractivity contribution is -0.140. The summed E-state index contributed by atoms with van der Waals surface area (Å²) in [5.74, 6) is -0.192. The molecule has 0 aliphatic carbocycles. The molecule has 1 aromatic rings. The summed E-state index contributed by atoms with van der Waals surface area (Å²) in [5, 5.41) is 3.21. The molecule has 0 radical (unpaired) electrons. The third-order valence-corrected chi connectivity index (χ3v) is 2.47. The Morgan fingerprint density at radius 2 is 1.94 bits per heavy atom. The van der Waals surface area contributed by atoms with E-state index in [0.29, 0.717) is 19.6 Å². The Labute approximate surface area is 102 Å². The number of carbonyl (C=O) groups excluding carboxylic acids is 1. The fourth-order valence-corrected chi connectivity index (χ4v) is 1.54. The van der Waals surface area contributed by atoms with E-state index in [9.17, 15) is 4.79 Å². The van der Waals surface area contributed by atoms with Crippen molar-refractivity contribution in [2.75, 3.05) is 20.8 Å². The molecule has 94 valence electrons. The van der Waals surface area contributed by atoms with Crippen LogP contribution in [-0.2, 0) is 27.4 Å². The zero-order valence-electron chi connectivity index (χ0n) is 10.4. The number of carbonyl (C=O) groups is 1. The highest BCUT2D eigenvalue weighted by atomic mass is 16.5. The standard InChI is InChI=1S/C13H19NO3/c1-16-10-12-6-4-3-5-11(12)9-14-8-7-13(15)17-2/h3-6,14H,7-10H2,1-2H3. The number of ether oxygens (including phenoxy) is 2. The van der Waals surface area contributed by atoms with Crippen LogP contribution in [0, 0.1) is 0 Å². The molecule has 0 fully saturated rings. The van der Waals surface area contributed by atoms with Gasteiger partial charge in [-0.3, -0.25) is 4.79 Å². The SMILES string of the molecule is COCc1ccccc1CNCCC(=O)OC. The van der Waals surface area contributed by atoms with Gasteiger partial charge in [-0.15, -0.1) is 0 Å². The van der Waals surface area contributed by atoms with Crippen LogP contribution in [0.3, 0.4) is 0 Å². The van der Waals surface area contributed by atoms with E-state index in [-0.39, 0.29) is 5.97 Å². The largest absolute Gasteiger partial charge is 0.469 e. The van der Waals surface area contributed by atoms with Crippen LogP contribution in [0.25, 0.3) is 0 Å². The van der Waals surface area contributed by atoms with Crippen LogP contribution in [0.2, 0.25) is 0 Å². The summed E-state index contributed by atoms with van der Waals surface area (Å²) in [6.07, 6.45) is 0.392. The molecule has 0 amide bonds. The molecule has 1 aromatic carbocycles. The summed E-state index contributed by atoms with van der Waals surface area (Å²) in [6, 6.07) is 8.09. The van der Waals surface area contributed by atoms with Crippen LogP contribution in [0.1, 0.15) is 17.5 Å². The molecule has 1 rings (SSSR count). The van der Waals surface area contributed by atoms with Crippen molar-refractivity contribution in [2.24, 2.45) is 0 Å². The highest BCUT2D eigenvalue weighted by Crippen LogP contribution is 2.09. The van der Waals surface area contributed by atoms with E-state index in [1.807, 2.05) is 18.2 Å². The van der Waals surface area contributed by atoms with Crippen molar-refractivity contribution < 1.29 is 14.3 Å². The molecule has 0 aliphatic heterocycles. The topological polar surface area (TPSA) is 47.6 Å². The lowest BCUT2D eigenvalue weighted by atomic mass is 10.1. The molecule has 0 spiro atoms. The minimum Gasteiger partial charge on any atom is -0.469 e. The van der Waals surface area contributed by atoms with Crippen LogP contribution in [-0.4, -0.2) is 26.7 Å². The molecule has 0 saturated carbocycles. The Hall–Kier alpha value is -1.39. The number of rotatable bonds is 7. The molecule has 0 aromatic heterocycles. The first-order valence-electron chi connectivity index (χ1n) is 5.61. The van der Waals surface area contributed by atoms with E-state index in [1.54, 1.807) is 7.11 Å². The molecule has 0 heterocycles. The molecular weight excluding hydrogens is 218 g/mol. The quantitative estimate of drug-likeness (QED) is 0.576. The van der Waals surface area contributed by atoms with Crippen molar-refractivity contribution in [3.63, 3.8) is 0 Å². The van der Waals surface area contributed by atoms with Gasteiger partial charge in [0.2, 0.25) is 0 Å². The average Bonchev–Trinajstić information content (AvgIpc) is 2.36. The Bertz CT molecular complexity index is 352. The van der Waals surface area contributed by atoms with E-state index < -0.39 is 0 Å². The van der Waals surface area contributed by atoms with Crippen molar-refractivity contribution in [1.29, 1.82) is 0 Å². The Morgan fingerprint density at radius 1 is 1.24 bits per heavy atom. The zero-order chi connectivity index (χ0) is 12.5. The Balaban J connectivity index is 2.38. The van der Waals surface area contributed by atoms with Crippen LogP contribution in [0.4, 0.5) is 0 Å². The molecule has 0 aliphatic rings. The van der Waals surface area contributed by atoms with E-state index in [2.05, 4.69) is 16.1 Å². The molecule has 0 saturated heterocycles. The first-order valence-corrected chi connectivity index (χ1v) is 5.61. The zero-order valence-corrected chi connectivity index (χ0v) is 10.4. The van der Waals surface area contributed by atoms with Crippen molar-refractivity contribution >= 4 is 5.97 Å². The summed E-state index contributed by atoms with van der Waals surface area (Å²) < 4.78 is 9.69. The molecule has 0 unspecified atom stereocenters. The molecule has 4 nitrogen and oxygen atoms in total. The molecule has 4 heteroatoms. The second kappa shape index (κ2) is 7.81. The van der Waals surface area contributed by atoms with Gasteiger partial charge in [0.15, 0.2) is 0 Å². The second-order valence-electron chi connectivity index (χ2n) is 3.70. The van der Waals surface area contributed by atoms with Gasteiger partial charge in [0.25, 0.3) is 0 Å². The predicted octanol–water partition coefficient (Wildman–Crippen LogP) is 1.49. The first kappa shape index (κ1) is 13.7. The Morgan fingerprint density at radius 3 is 2.59 bits per heavy atom. The minimum absolute atomic E-state index is 0.192. The monoisotopic (exact) mass is 237 g/mol. The normalized spacial score (nSPS) is 10.2. The van der Waals surface area contributed by atoms with Gasteiger partial charge in [-0.2, -0.15) is 0 Å². The summed E-state index contributed by atoms with van der Waals surface area (Å²) >= 11 is 0. The highest BCUT2D eigenvalue weighted by molar-refractivity contribution is 5.69. The highest BCUT2D eigenvalue weighted by Gasteiger charge is 2.02. The maximum atomic E-state index is 10.9. The van der Waals surface area contributed by atoms with Crippen LogP contribution in [0.5, 0.6) is 0 Å². The maximum absolute atomic E-state index is 10.9. The van der Waals surface area contributed by atoms with Gasteiger partial charge < -0.3 is 14.8 Å². The molecular formula is C13H19NO3. The number of benzene rings is 1. The van der Waals surface area contributed by atoms with E-state index in [1.165, 1.54) is 18.2 Å². The molecule has 1 N–H and O–H groups in total. The fourth-order valence-electron chi connectivity index (χ4n) is 1.54. The van der Waals surface area contributed by atoms with Gasteiger partial charge in [0, 0.05) is 20.2 Å². The van der Waals surface area contributed by atoms with Crippen molar-refractivity contribution in [3.8, 4) is 0 Å². The number of hydrogen-bond donors (Lipinski definition) is 1. The lowest BCUT2D eigenvalue weighted by Gasteiger charge is -2.09. The number of hydrogen-bond acceptors (Lipinski definition) is 4. The summed E-state index contributed by atoms with van der Waals surface area (Å²) in [7, 11) is 3.08. The maximum Gasteiger partial charge on any atom is 0.306 e. The van der Waals surface area contributed by atoms with Crippen LogP contribution < -0.4 is 5.32 Å². The number of esters is 1. The first-order chi connectivity index (χ1) is 8.27. The number of nitrogens with one attached hydrogen (secondary N) is 1. The van der Waals surface area contributed by atoms with Crippen LogP contribution in [0.15, 0.2) is 24.3 Å². The van der Waals surface area contributed by atoms with Crippen molar-refractivity contribution in [3.05, 3.63) is 35.4 Å². The van der Waals surface area contributed by atoms with Gasteiger partial charge in [0.05, 0.1) is 20.1 Å². The van der Waals surface area contributed by atoms with Crippen molar-refractivity contribution in [2.45, 2.75) is 19.6 Å². The van der Waals surface area contributed by atoms with E-state index >= 15 is 0 Å². The summed E-state index contributed by atoms with van der Waals surface area (Å²) in [4.78, 5) is 10.9.